The normalized spacial score (nSPS) is 11.5. The van der Waals surface area contributed by atoms with Crippen molar-refractivity contribution in [3.05, 3.63) is 86.8 Å². The Hall–Kier alpha value is -3.75. The topological polar surface area (TPSA) is 71.1 Å². The Morgan fingerprint density at radius 2 is 1.79 bits per heavy atom. The van der Waals surface area contributed by atoms with Gasteiger partial charge in [0.1, 0.15) is 17.4 Å². The fraction of sp³-hybridized carbons (Fsp3) is 0.292. The molecule has 0 aliphatic carbocycles. The number of methoxy groups -OCH3 is 1. The van der Waals surface area contributed by atoms with Crippen LogP contribution in [0.2, 0.25) is 0 Å². The van der Waals surface area contributed by atoms with Crippen LogP contribution in [-0.4, -0.2) is 25.8 Å². The molecule has 0 N–H and O–H groups in total. The van der Waals surface area contributed by atoms with E-state index in [1.54, 1.807) is 23.8 Å². The molecule has 7 nitrogen and oxygen atoms in total. The first-order chi connectivity index (χ1) is 15.8. The molecule has 0 aliphatic heterocycles. The molecule has 0 spiro atoms. The molecule has 4 rings (SSSR count). The molecule has 0 fully saturated rings. The molecule has 0 radical (unpaired) electrons. The summed E-state index contributed by atoms with van der Waals surface area (Å²) in [6, 6.07) is 10.3. The summed E-state index contributed by atoms with van der Waals surface area (Å²) in [6.07, 6.45) is 2.03. The molecule has 4 aromatic rings. The first kappa shape index (κ1) is 22.4. The van der Waals surface area contributed by atoms with Gasteiger partial charge >= 0.3 is 5.69 Å². The first-order valence-electron chi connectivity index (χ1n) is 10.6. The van der Waals surface area contributed by atoms with Gasteiger partial charge in [0.15, 0.2) is 11.2 Å². The van der Waals surface area contributed by atoms with E-state index in [4.69, 9.17) is 4.74 Å². The Morgan fingerprint density at radius 1 is 1.06 bits per heavy atom. The number of halogens is 2. The van der Waals surface area contributed by atoms with E-state index in [2.05, 4.69) is 4.98 Å². The minimum atomic E-state index is -0.919. The van der Waals surface area contributed by atoms with E-state index in [1.165, 1.54) is 12.4 Å². The smallest absolute Gasteiger partial charge is 0.337 e. The zero-order chi connectivity index (χ0) is 23.7. The van der Waals surface area contributed by atoms with Crippen molar-refractivity contribution in [2.24, 2.45) is 5.92 Å². The van der Waals surface area contributed by atoms with E-state index < -0.39 is 22.9 Å². The number of hydrogen-bond donors (Lipinski definition) is 0. The zero-order valence-electron chi connectivity index (χ0n) is 18.6. The molecule has 33 heavy (non-hydrogen) atoms. The lowest BCUT2D eigenvalue weighted by Gasteiger charge is -2.14. The average molecular weight is 454 g/mol. The predicted molar refractivity (Wildman–Crippen MR) is 121 cm³/mol. The number of nitrogens with zero attached hydrogens (tertiary/aromatic N) is 4. The van der Waals surface area contributed by atoms with Crippen LogP contribution in [0, 0.1) is 17.6 Å². The summed E-state index contributed by atoms with van der Waals surface area (Å²) < 4.78 is 37.1. The summed E-state index contributed by atoms with van der Waals surface area (Å²) in [5.41, 5.74) is -0.315. The van der Waals surface area contributed by atoms with Gasteiger partial charge in [-0.15, -0.1) is 0 Å². The molecule has 172 valence electrons. The Morgan fingerprint density at radius 3 is 2.42 bits per heavy atom. The van der Waals surface area contributed by atoms with Crippen molar-refractivity contribution in [1.29, 1.82) is 0 Å². The molecule has 0 saturated heterocycles. The Bertz CT molecular complexity index is 1420. The number of ether oxygens (including phenoxy) is 1. The van der Waals surface area contributed by atoms with Gasteiger partial charge in [-0.25, -0.2) is 23.1 Å². The molecular formula is C24H24F2N4O3. The highest BCUT2D eigenvalue weighted by Gasteiger charge is 2.21. The van der Waals surface area contributed by atoms with Gasteiger partial charge in [0.25, 0.3) is 5.56 Å². The average Bonchev–Trinajstić information content (AvgIpc) is 3.18. The van der Waals surface area contributed by atoms with E-state index >= 15 is 0 Å². The third-order valence-electron chi connectivity index (χ3n) is 5.49. The standard InChI is InChI=1S/C24H24F2N4O3/c1-15(2)10-11-29-23(31)21-22(30(24(29)32)20-9-6-17(25)12-19(20)26)27-14-28(21)13-16-4-7-18(33-3)8-5-16/h4-9,12,14-15H,10-11,13H2,1-3H3. The molecule has 0 bridgehead atoms. The molecule has 2 aromatic heterocycles. The number of fused-ring (bicyclic) bond motifs is 1. The van der Waals surface area contributed by atoms with Crippen molar-refractivity contribution >= 4 is 11.2 Å². The summed E-state index contributed by atoms with van der Waals surface area (Å²) in [5, 5.41) is 0. The first-order valence-corrected chi connectivity index (χ1v) is 10.6. The molecule has 9 heteroatoms. The minimum Gasteiger partial charge on any atom is -0.497 e. The van der Waals surface area contributed by atoms with E-state index in [0.717, 1.165) is 20.8 Å². The third kappa shape index (κ3) is 4.30. The number of benzene rings is 2. The minimum absolute atomic E-state index is 0.0183. The van der Waals surface area contributed by atoms with Crippen molar-refractivity contribution < 1.29 is 13.5 Å². The largest absolute Gasteiger partial charge is 0.497 e. The van der Waals surface area contributed by atoms with Crippen LogP contribution < -0.4 is 16.0 Å². The number of hydrogen-bond acceptors (Lipinski definition) is 4. The quantitative estimate of drug-likeness (QED) is 0.427. The molecule has 0 saturated carbocycles. The second-order valence-electron chi connectivity index (χ2n) is 8.25. The van der Waals surface area contributed by atoms with Crippen LogP contribution in [0.25, 0.3) is 16.9 Å². The monoisotopic (exact) mass is 454 g/mol. The molecule has 0 atom stereocenters. The van der Waals surface area contributed by atoms with Crippen LogP contribution in [-0.2, 0) is 13.1 Å². The van der Waals surface area contributed by atoms with Gasteiger partial charge in [0.05, 0.1) is 19.1 Å². The van der Waals surface area contributed by atoms with Crippen molar-refractivity contribution in [1.82, 2.24) is 18.7 Å². The third-order valence-corrected chi connectivity index (χ3v) is 5.49. The fourth-order valence-electron chi connectivity index (χ4n) is 3.69. The highest BCUT2D eigenvalue weighted by Crippen LogP contribution is 2.19. The molecule has 0 aliphatic rings. The zero-order valence-corrected chi connectivity index (χ0v) is 18.6. The van der Waals surface area contributed by atoms with E-state index in [-0.39, 0.29) is 29.3 Å². The summed E-state index contributed by atoms with van der Waals surface area (Å²) in [5.74, 6) is -0.742. The van der Waals surface area contributed by atoms with Crippen LogP contribution >= 0.6 is 0 Å². The van der Waals surface area contributed by atoms with Crippen LogP contribution in [0.5, 0.6) is 5.75 Å². The molecular weight excluding hydrogens is 430 g/mol. The maximum absolute atomic E-state index is 14.7. The number of rotatable bonds is 7. The molecule has 2 aromatic carbocycles. The number of aromatic nitrogens is 4. The summed E-state index contributed by atoms with van der Waals surface area (Å²) in [6.45, 7) is 4.44. The highest BCUT2D eigenvalue weighted by atomic mass is 19.1. The van der Waals surface area contributed by atoms with Crippen LogP contribution in [0.15, 0.2) is 58.4 Å². The Labute approximate surface area is 188 Å². The van der Waals surface area contributed by atoms with Crippen LogP contribution in [0.4, 0.5) is 8.78 Å². The lowest BCUT2D eigenvalue weighted by Crippen LogP contribution is -2.40. The van der Waals surface area contributed by atoms with Crippen LogP contribution in [0.3, 0.4) is 0 Å². The van der Waals surface area contributed by atoms with Crippen molar-refractivity contribution in [2.45, 2.75) is 33.4 Å². The summed E-state index contributed by atoms with van der Waals surface area (Å²) >= 11 is 0. The summed E-state index contributed by atoms with van der Waals surface area (Å²) in [4.78, 5) is 30.9. The van der Waals surface area contributed by atoms with Gasteiger partial charge in [-0.05, 0) is 42.2 Å². The maximum atomic E-state index is 14.7. The van der Waals surface area contributed by atoms with Crippen molar-refractivity contribution in [2.75, 3.05) is 7.11 Å². The highest BCUT2D eigenvalue weighted by molar-refractivity contribution is 5.72. The van der Waals surface area contributed by atoms with Gasteiger partial charge in [-0.2, -0.15) is 0 Å². The molecule has 0 amide bonds. The van der Waals surface area contributed by atoms with E-state index in [9.17, 15) is 18.4 Å². The lowest BCUT2D eigenvalue weighted by atomic mass is 10.1. The SMILES string of the molecule is COc1ccc(Cn2cnc3c2c(=O)n(CCC(C)C)c(=O)n3-c2ccc(F)cc2F)cc1. The second kappa shape index (κ2) is 9.01. The van der Waals surface area contributed by atoms with E-state index in [0.29, 0.717) is 24.8 Å². The number of imidazole rings is 1. The van der Waals surface area contributed by atoms with Crippen molar-refractivity contribution in [3.63, 3.8) is 0 Å². The van der Waals surface area contributed by atoms with Gasteiger partial charge in [0, 0.05) is 19.2 Å². The lowest BCUT2D eigenvalue weighted by molar-refractivity contribution is 0.414. The van der Waals surface area contributed by atoms with Gasteiger partial charge in [0.2, 0.25) is 0 Å². The maximum Gasteiger partial charge on any atom is 0.337 e. The molecule has 0 unspecified atom stereocenters. The van der Waals surface area contributed by atoms with Gasteiger partial charge in [-0.1, -0.05) is 26.0 Å². The van der Waals surface area contributed by atoms with Gasteiger partial charge < -0.3 is 9.30 Å². The Balaban J connectivity index is 1.94. The van der Waals surface area contributed by atoms with E-state index in [1.807, 2.05) is 26.0 Å². The van der Waals surface area contributed by atoms with Crippen LogP contribution in [0.1, 0.15) is 25.8 Å². The summed E-state index contributed by atoms with van der Waals surface area (Å²) in [7, 11) is 1.58. The second-order valence-corrected chi connectivity index (χ2v) is 8.25. The Kier molecular flexibility index (Phi) is 6.13. The predicted octanol–water partition coefficient (Wildman–Crippen LogP) is 3.73. The molecule has 2 heterocycles. The van der Waals surface area contributed by atoms with Gasteiger partial charge in [-0.3, -0.25) is 9.36 Å². The van der Waals surface area contributed by atoms with Crippen molar-refractivity contribution in [3.8, 4) is 11.4 Å². The fourth-order valence-corrected chi connectivity index (χ4v) is 3.69.